The van der Waals surface area contributed by atoms with Crippen LogP contribution in [0, 0.1) is 5.82 Å². The number of carboxylic acid groups (broad SMARTS) is 1. The molecule has 4 nitrogen and oxygen atoms in total. The van der Waals surface area contributed by atoms with E-state index in [0.29, 0.717) is 0 Å². The van der Waals surface area contributed by atoms with Crippen LogP contribution in [0.2, 0.25) is 0 Å². The summed E-state index contributed by atoms with van der Waals surface area (Å²) in [6.07, 6.45) is -2.62. The van der Waals surface area contributed by atoms with Crippen LogP contribution in [0.5, 0.6) is 0 Å². The molecule has 0 bridgehead atoms. The minimum Gasteiger partial charge on any atom is -0.478 e. The normalized spacial score (nSPS) is 14.4. The van der Waals surface area contributed by atoms with Gasteiger partial charge in [-0.1, -0.05) is 0 Å². The van der Waals surface area contributed by atoms with Gasteiger partial charge >= 0.3 is 5.97 Å². The van der Waals surface area contributed by atoms with Crippen molar-refractivity contribution in [1.82, 2.24) is 0 Å². The number of carbonyl (C=O) groups is 1. The average molecular weight is 263 g/mol. The van der Waals surface area contributed by atoms with E-state index in [1.54, 1.807) is 0 Å². The summed E-state index contributed by atoms with van der Waals surface area (Å²) in [5, 5.41) is 28.1. The third-order valence-electron chi connectivity index (χ3n) is 2.33. The number of aliphatic hydroxyl groups excluding tert-OH is 2. The molecular weight excluding hydrogens is 251 g/mol. The molecule has 17 heavy (non-hydrogen) atoms. The number of alkyl halides is 1. The molecule has 3 N–H and O–H groups in total. The number of halogens is 2. The third kappa shape index (κ3) is 3.39. The summed E-state index contributed by atoms with van der Waals surface area (Å²) < 4.78 is 13.0. The van der Waals surface area contributed by atoms with Gasteiger partial charge in [0.05, 0.1) is 11.7 Å². The quantitative estimate of drug-likeness (QED) is 0.704. The van der Waals surface area contributed by atoms with Crippen molar-refractivity contribution in [1.29, 1.82) is 0 Å². The lowest BCUT2D eigenvalue weighted by atomic mass is 9.97. The predicted molar refractivity (Wildman–Crippen MR) is 59.7 cm³/mol. The molecule has 1 aromatic rings. The second-order valence-electron chi connectivity index (χ2n) is 3.53. The van der Waals surface area contributed by atoms with Crippen LogP contribution in [-0.2, 0) is 0 Å². The average Bonchev–Trinajstić information content (AvgIpc) is 2.27. The first-order valence-corrected chi connectivity index (χ1v) is 5.45. The predicted octanol–water partition coefficient (Wildman–Crippen LogP) is 1.55. The summed E-state index contributed by atoms with van der Waals surface area (Å²) in [5.74, 6) is -1.87. The maximum Gasteiger partial charge on any atom is 0.336 e. The lowest BCUT2D eigenvalue weighted by Crippen LogP contribution is -2.21. The van der Waals surface area contributed by atoms with E-state index in [2.05, 4.69) is 0 Å². The number of aromatic carboxylic acids is 1. The highest BCUT2D eigenvalue weighted by molar-refractivity contribution is 6.17. The molecule has 0 heterocycles. The van der Waals surface area contributed by atoms with Crippen LogP contribution in [0.25, 0.3) is 0 Å². The van der Waals surface area contributed by atoms with Gasteiger partial charge in [0.1, 0.15) is 11.9 Å². The van der Waals surface area contributed by atoms with Crippen LogP contribution < -0.4 is 0 Å². The molecule has 6 heteroatoms. The summed E-state index contributed by atoms with van der Waals surface area (Å²) >= 11 is 5.40. The van der Waals surface area contributed by atoms with Gasteiger partial charge in [-0.3, -0.25) is 0 Å². The maximum atomic E-state index is 13.0. The molecule has 2 unspecified atom stereocenters. The SMILES string of the molecule is O=C(O)c1ccc(F)cc1C(O)C(O)CCCl. The van der Waals surface area contributed by atoms with Gasteiger partial charge in [0.15, 0.2) is 0 Å². The summed E-state index contributed by atoms with van der Waals surface area (Å²) in [6, 6.07) is 2.92. The smallest absolute Gasteiger partial charge is 0.336 e. The fraction of sp³-hybridized carbons (Fsp3) is 0.364. The van der Waals surface area contributed by atoms with Crippen LogP contribution in [0.3, 0.4) is 0 Å². The van der Waals surface area contributed by atoms with Crippen LogP contribution >= 0.6 is 11.6 Å². The maximum absolute atomic E-state index is 13.0. The number of aliphatic hydroxyl groups is 2. The highest BCUT2D eigenvalue weighted by Gasteiger charge is 2.23. The van der Waals surface area contributed by atoms with Crippen LogP contribution in [-0.4, -0.2) is 33.3 Å². The summed E-state index contributed by atoms with van der Waals surface area (Å²) in [5.41, 5.74) is -0.400. The molecule has 0 aromatic heterocycles. The molecule has 0 aliphatic carbocycles. The minimum absolute atomic E-state index is 0.0816. The molecule has 0 radical (unpaired) electrons. The largest absolute Gasteiger partial charge is 0.478 e. The van der Waals surface area contributed by atoms with Crippen molar-refractivity contribution >= 4 is 17.6 Å². The van der Waals surface area contributed by atoms with E-state index < -0.39 is 24.0 Å². The first-order chi connectivity index (χ1) is 7.97. The van der Waals surface area contributed by atoms with E-state index in [9.17, 15) is 19.4 Å². The zero-order chi connectivity index (χ0) is 13.0. The first kappa shape index (κ1) is 13.9. The molecule has 0 fully saturated rings. The van der Waals surface area contributed by atoms with Crippen molar-refractivity contribution in [2.75, 3.05) is 5.88 Å². The zero-order valence-electron chi connectivity index (χ0n) is 8.81. The van der Waals surface area contributed by atoms with Gasteiger partial charge in [-0.2, -0.15) is 0 Å². The number of rotatable bonds is 5. The Bertz CT molecular complexity index is 410. The fourth-order valence-electron chi connectivity index (χ4n) is 1.45. The third-order valence-corrected chi connectivity index (χ3v) is 2.55. The Morgan fingerprint density at radius 2 is 2.06 bits per heavy atom. The lowest BCUT2D eigenvalue weighted by Gasteiger charge is -2.18. The fourth-order valence-corrected chi connectivity index (χ4v) is 1.67. The minimum atomic E-state index is -1.48. The molecule has 94 valence electrons. The monoisotopic (exact) mass is 262 g/mol. The Morgan fingerprint density at radius 3 is 2.59 bits per heavy atom. The lowest BCUT2D eigenvalue weighted by molar-refractivity contribution is 0.0158. The van der Waals surface area contributed by atoms with Crippen LogP contribution in [0.1, 0.15) is 28.4 Å². The summed E-state index contributed by atoms with van der Waals surface area (Å²) in [6.45, 7) is 0. The van der Waals surface area contributed by atoms with Gasteiger partial charge in [0.25, 0.3) is 0 Å². The van der Waals surface area contributed by atoms with Crippen molar-refractivity contribution in [3.63, 3.8) is 0 Å². The number of benzene rings is 1. The second-order valence-corrected chi connectivity index (χ2v) is 3.90. The van der Waals surface area contributed by atoms with Gasteiger partial charge in [-0.05, 0) is 24.6 Å². The highest BCUT2D eigenvalue weighted by Crippen LogP contribution is 2.24. The van der Waals surface area contributed by atoms with Crippen molar-refractivity contribution < 1.29 is 24.5 Å². The van der Waals surface area contributed by atoms with E-state index in [1.165, 1.54) is 0 Å². The van der Waals surface area contributed by atoms with E-state index in [0.717, 1.165) is 18.2 Å². The number of carboxylic acids is 1. The first-order valence-electron chi connectivity index (χ1n) is 4.92. The van der Waals surface area contributed by atoms with Crippen molar-refractivity contribution in [3.05, 3.63) is 35.1 Å². The topological polar surface area (TPSA) is 77.8 Å². The van der Waals surface area contributed by atoms with Crippen LogP contribution in [0.4, 0.5) is 4.39 Å². The van der Waals surface area contributed by atoms with E-state index in [-0.39, 0.29) is 23.4 Å². The molecule has 0 saturated carbocycles. The molecule has 0 amide bonds. The molecule has 0 saturated heterocycles. The number of hydrogen-bond acceptors (Lipinski definition) is 3. The standard InChI is InChI=1S/C11H12ClFO4/c12-4-3-9(14)10(15)8-5-6(13)1-2-7(8)11(16)17/h1-2,5,9-10,14-15H,3-4H2,(H,16,17). The van der Waals surface area contributed by atoms with Gasteiger partial charge in [-0.15, -0.1) is 11.6 Å². The molecule has 1 aromatic carbocycles. The zero-order valence-corrected chi connectivity index (χ0v) is 9.56. The Morgan fingerprint density at radius 1 is 1.41 bits per heavy atom. The second kappa shape index (κ2) is 5.95. The molecule has 0 aliphatic heterocycles. The van der Waals surface area contributed by atoms with Gasteiger partial charge in [-0.25, -0.2) is 9.18 Å². The van der Waals surface area contributed by atoms with Gasteiger partial charge in [0, 0.05) is 11.4 Å². The van der Waals surface area contributed by atoms with Crippen molar-refractivity contribution in [2.24, 2.45) is 0 Å². The van der Waals surface area contributed by atoms with E-state index >= 15 is 0 Å². The van der Waals surface area contributed by atoms with E-state index in [1.807, 2.05) is 0 Å². The summed E-state index contributed by atoms with van der Waals surface area (Å²) in [7, 11) is 0. The molecule has 0 aliphatic rings. The number of hydrogen-bond donors (Lipinski definition) is 3. The Balaban J connectivity index is 3.10. The summed E-state index contributed by atoms with van der Waals surface area (Å²) in [4.78, 5) is 10.9. The van der Waals surface area contributed by atoms with Crippen molar-refractivity contribution in [2.45, 2.75) is 18.6 Å². The molecular formula is C11H12ClFO4. The molecule has 0 spiro atoms. The Hall–Kier alpha value is -1.17. The van der Waals surface area contributed by atoms with E-state index in [4.69, 9.17) is 16.7 Å². The van der Waals surface area contributed by atoms with Gasteiger partial charge in [0.2, 0.25) is 0 Å². The highest BCUT2D eigenvalue weighted by atomic mass is 35.5. The van der Waals surface area contributed by atoms with Gasteiger partial charge < -0.3 is 15.3 Å². The Kier molecular flexibility index (Phi) is 4.86. The molecule has 1 rings (SSSR count). The molecule has 2 atom stereocenters. The van der Waals surface area contributed by atoms with Crippen LogP contribution in [0.15, 0.2) is 18.2 Å². The Labute approximate surface area is 102 Å². The van der Waals surface area contributed by atoms with Crippen molar-refractivity contribution in [3.8, 4) is 0 Å².